The molecule has 0 fully saturated rings. The van der Waals surface area contributed by atoms with E-state index < -0.39 is 0 Å². The molecule has 0 atom stereocenters. The summed E-state index contributed by atoms with van der Waals surface area (Å²) in [5.74, 6) is 0.0270. The van der Waals surface area contributed by atoms with E-state index in [9.17, 15) is 0 Å². The number of hydrogen-bond acceptors (Lipinski definition) is 3. The van der Waals surface area contributed by atoms with Crippen molar-refractivity contribution in [3.05, 3.63) is 71.1 Å². The number of thiazole rings is 1. The topological polar surface area (TPSA) is 77.3 Å². The molecule has 0 aliphatic rings. The van der Waals surface area contributed by atoms with Gasteiger partial charge in [0.05, 0.1) is 5.69 Å². The second kappa shape index (κ2) is 6.41. The molecule has 0 amide bonds. The van der Waals surface area contributed by atoms with Gasteiger partial charge in [-0.15, -0.1) is 11.3 Å². The number of hydrogen-bond donors (Lipinski definition) is 2. The van der Waals surface area contributed by atoms with E-state index in [1.165, 1.54) is 22.5 Å². The third kappa shape index (κ3) is 3.51. The molecule has 0 saturated heterocycles. The number of aromatic nitrogens is 1. The average Bonchev–Trinajstić information content (AvgIpc) is 2.97. The van der Waals surface area contributed by atoms with Crippen LogP contribution >= 0.6 is 11.3 Å². The van der Waals surface area contributed by atoms with Crippen LogP contribution in [0.15, 0.2) is 65.0 Å². The summed E-state index contributed by atoms with van der Waals surface area (Å²) in [6, 6.07) is 18.8. The number of guanidine groups is 1. The second-order valence-corrected chi connectivity index (χ2v) is 5.75. The molecule has 3 rings (SSSR count). The predicted octanol–water partition coefficient (Wildman–Crippen LogP) is 3.31. The first-order valence-electron chi connectivity index (χ1n) is 6.89. The number of rotatable bonds is 4. The summed E-state index contributed by atoms with van der Waals surface area (Å²) in [5, 5.41) is 2.52. The van der Waals surface area contributed by atoms with Gasteiger partial charge in [0, 0.05) is 10.9 Å². The highest BCUT2D eigenvalue weighted by Gasteiger charge is 2.04. The van der Waals surface area contributed by atoms with Crippen LogP contribution in [0, 0.1) is 0 Å². The molecular formula is C17H16N4S. The molecule has 0 bridgehead atoms. The first-order valence-corrected chi connectivity index (χ1v) is 7.77. The Balaban J connectivity index is 1.76. The minimum absolute atomic E-state index is 0.0270. The summed E-state index contributed by atoms with van der Waals surface area (Å²) < 4.78 is 0. The van der Waals surface area contributed by atoms with Gasteiger partial charge in [-0.1, -0.05) is 54.6 Å². The lowest BCUT2D eigenvalue weighted by Gasteiger charge is -2.03. The molecule has 0 unspecified atom stereocenters. The van der Waals surface area contributed by atoms with Crippen molar-refractivity contribution in [2.45, 2.75) is 6.42 Å². The number of benzene rings is 2. The summed E-state index contributed by atoms with van der Waals surface area (Å²) in [4.78, 5) is 8.36. The third-order valence-corrected chi connectivity index (χ3v) is 3.95. The van der Waals surface area contributed by atoms with E-state index in [0.717, 1.165) is 17.7 Å². The van der Waals surface area contributed by atoms with Gasteiger partial charge in [-0.3, -0.25) is 0 Å². The molecule has 0 saturated carbocycles. The Kier molecular flexibility index (Phi) is 4.16. The van der Waals surface area contributed by atoms with E-state index in [2.05, 4.69) is 58.5 Å². The van der Waals surface area contributed by atoms with Crippen LogP contribution in [0.25, 0.3) is 11.3 Å². The molecule has 4 N–H and O–H groups in total. The zero-order valence-corrected chi connectivity index (χ0v) is 12.8. The summed E-state index contributed by atoms with van der Waals surface area (Å²) in [7, 11) is 0. The van der Waals surface area contributed by atoms with Crippen LogP contribution in [0.3, 0.4) is 0 Å². The van der Waals surface area contributed by atoms with Crippen LogP contribution in [0.5, 0.6) is 0 Å². The molecule has 4 nitrogen and oxygen atoms in total. The van der Waals surface area contributed by atoms with Crippen molar-refractivity contribution in [2.24, 2.45) is 16.5 Å². The second-order valence-electron chi connectivity index (χ2n) is 4.91. The maximum atomic E-state index is 5.36. The van der Waals surface area contributed by atoms with Gasteiger partial charge >= 0.3 is 0 Å². The third-order valence-electron chi connectivity index (χ3n) is 3.22. The van der Waals surface area contributed by atoms with Crippen molar-refractivity contribution in [2.75, 3.05) is 0 Å². The van der Waals surface area contributed by atoms with Gasteiger partial charge in [0.1, 0.15) is 0 Å². The Morgan fingerprint density at radius 2 is 1.64 bits per heavy atom. The molecule has 0 aliphatic carbocycles. The summed E-state index contributed by atoms with van der Waals surface area (Å²) >= 11 is 1.42. The number of aliphatic imine (C=N–C) groups is 1. The van der Waals surface area contributed by atoms with Gasteiger partial charge in [0.15, 0.2) is 5.96 Å². The molecular weight excluding hydrogens is 292 g/mol. The summed E-state index contributed by atoms with van der Waals surface area (Å²) in [5.41, 5.74) is 15.2. The zero-order chi connectivity index (χ0) is 15.4. The molecule has 0 spiro atoms. The smallest absolute Gasteiger partial charge is 0.212 e. The largest absolute Gasteiger partial charge is 0.370 e. The Bertz CT molecular complexity index is 772. The van der Waals surface area contributed by atoms with Gasteiger partial charge in [-0.05, 0) is 17.5 Å². The molecule has 110 valence electrons. The van der Waals surface area contributed by atoms with Crippen LogP contribution < -0.4 is 11.5 Å². The van der Waals surface area contributed by atoms with Gasteiger partial charge in [-0.25, -0.2) is 4.98 Å². The van der Waals surface area contributed by atoms with Crippen molar-refractivity contribution in [3.8, 4) is 11.3 Å². The van der Waals surface area contributed by atoms with Crippen molar-refractivity contribution >= 4 is 22.4 Å². The van der Waals surface area contributed by atoms with Crippen LogP contribution in [0.2, 0.25) is 0 Å². The highest BCUT2D eigenvalue weighted by molar-refractivity contribution is 7.13. The Labute approximate surface area is 133 Å². The van der Waals surface area contributed by atoms with Crippen LogP contribution in [0.4, 0.5) is 5.13 Å². The Morgan fingerprint density at radius 3 is 2.32 bits per heavy atom. The molecule has 0 radical (unpaired) electrons. The normalized spacial score (nSPS) is 10.4. The zero-order valence-electron chi connectivity index (χ0n) is 11.9. The van der Waals surface area contributed by atoms with E-state index in [1.807, 2.05) is 11.4 Å². The van der Waals surface area contributed by atoms with Crippen molar-refractivity contribution < 1.29 is 0 Å². The fourth-order valence-corrected chi connectivity index (χ4v) is 2.90. The van der Waals surface area contributed by atoms with Crippen LogP contribution in [-0.4, -0.2) is 10.9 Å². The van der Waals surface area contributed by atoms with E-state index in [0.29, 0.717) is 5.13 Å². The van der Waals surface area contributed by atoms with Gasteiger partial charge in [-0.2, -0.15) is 4.99 Å². The summed E-state index contributed by atoms with van der Waals surface area (Å²) in [6.07, 6.45) is 0.928. The molecule has 3 aromatic rings. The fourth-order valence-electron chi connectivity index (χ4n) is 2.18. The molecule has 5 heteroatoms. The van der Waals surface area contributed by atoms with Crippen molar-refractivity contribution in [3.63, 3.8) is 0 Å². The Hall–Kier alpha value is -2.66. The van der Waals surface area contributed by atoms with Gasteiger partial charge < -0.3 is 11.5 Å². The highest BCUT2D eigenvalue weighted by atomic mass is 32.1. The standard InChI is InChI=1S/C17H16N4S/c18-16(19)21-17-20-15(11-22-17)14-8-6-13(7-9-14)10-12-4-2-1-3-5-12/h1-9,11H,10H2,(H4,18,19,20,21). The van der Waals surface area contributed by atoms with E-state index in [-0.39, 0.29) is 5.96 Å². The monoisotopic (exact) mass is 308 g/mol. The lowest BCUT2D eigenvalue weighted by molar-refractivity contribution is 1.19. The van der Waals surface area contributed by atoms with Crippen LogP contribution in [-0.2, 0) is 6.42 Å². The minimum Gasteiger partial charge on any atom is -0.370 e. The lowest BCUT2D eigenvalue weighted by Crippen LogP contribution is -2.21. The fraction of sp³-hybridized carbons (Fsp3) is 0.0588. The lowest BCUT2D eigenvalue weighted by atomic mass is 10.0. The maximum absolute atomic E-state index is 5.36. The number of nitrogens with two attached hydrogens (primary N) is 2. The van der Waals surface area contributed by atoms with Crippen molar-refractivity contribution in [1.29, 1.82) is 0 Å². The maximum Gasteiger partial charge on any atom is 0.212 e. The molecule has 0 aliphatic heterocycles. The summed E-state index contributed by atoms with van der Waals surface area (Å²) in [6.45, 7) is 0. The Morgan fingerprint density at radius 1 is 0.955 bits per heavy atom. The molecule has 1 heterocycles. The molecule has 2 aromatic carbocycles. The van der Waals surface area contributed by atoms with Crippen LogP contribution in [0.1, 0.15) is 11.1 Å². The van der Waals surface area contributed by atoms with Gasteiger partial charge in [0.2, 0.25) is 5.13 Å². The SMILES string of the molecule is NC(N)=Nc1nc(-c2ccc(Cc3ccccc3)cc2)cs1. The van der Waals surface area contributed by atoms with E-state index in [4.69, 9.17) is 11.5 Å². The van der Waals surface area contributed by atoms with E-state index in [1.54, 1.807) is 0 Å². The minimum atomic E-state index is 0.0270. The molecule has 22 heavy (non-hydrogen) atoms. The van der Waals surface area contributed by atoms with Gasteiger partial charge in [0.25, 0.3) is 0 Å². The first-order chi connectivity index (χ1) is 10.7. The quantitative estimate of drug-likeness (QED) is 0.573. The predicted molar refractivity (Wildman–Crippen MR) is 92.3 cm³/mol. The van der Waals surface area contributed by atoms with Crippen molar-refractivity contribution in [1.82, 2.24) is 4.98 Å². The highest BCUT2D eigenvalue weighted by Crippen LogP contribution is 2.27. The average molecular weight is 308 g/mol. The molecule has 1 aromatic heterocycles. The number of nitrogens with zero attached hydrogens (tertiary/aromatic N) is 2. The first kappa shape index (κ1) is 14.3. The van der Waals surface area contributed by atoms with E-state index >= 15 is 0 Å².